The highest BCUT2D eigenvalue weighted by molar-refractivity contribution is 5.94. The molecule has 0 bridgehead atoms. The highest BCUT2D eigenvalue weighted by atomic mass is 16.5. The van der Waals surface area contributed by atoms with Crippen molar-refractivity contribution in [2.24, 2.45) is 11.7 Å². The Morgan fingerprint density at radius 2 is 2.06 bits per heavy atom. The van der Waals surface area contributed by atoms with E-state index in [2.05, 4.69) is 5.32 Å². The summed E-state index contributed by atoms with van der Waals surface area (Å²) in [6.45, 7) is 5.77. The van der Waals surface area contributed by atoms with Crippen LogP contribution in [0.3, 0.4) is 0 Å². The van der Waals surface area contributed by atoms with Gasteiger partial charge in [-0.1, -0.05) is 13.8 Å². The van der Waals surface area contributed by atoms with Crippen molar-refractivity contribution in [1.82, 2.24) is 0 Å². The number of amides is 1. The fraction of sp³-hybridized carbons (Fsp3) is 0.462. The first-order valence-corrected chi connectivity index (χ1v) is 5.66. The SMILES string of the molecule is COc1ccc(NC(=O)[C@@H](N)C(C)C)cc1C. The number of aryl methyl sites for hydroxylation is 1. The van der Waals surface area contributed by atoms with E-state index in [-0.39, 0.29) is 11.8 Å². The van der Waals surface area contributed by atoms with Gasteiger partial charge in [0.2, 0.25) is 5.91 Å². The third-order valence-corrected chi connectivity index (χ3v) is 2.68. The number of nitrogens with two attached hydrogens (primary N) is 1. The lowest BCUT2D eigenvalue weighted by Crippen LogP contribution is -2.39. The van der Waals surface area contributed by atoms with Crippen molar-refractivity contribution < 1.29 is 9.53 Å². The minimum absolute atomic E-state index is 0.120. The van der Waals surface area contributed by atoms with Crippen LogP contribution >= 0.6 is 0 Å². The fourth-order valence-corrected chi connectivity index (χ4v) is 1.48. The molecule has 0 spiro atoms. The van der Waals surface area contributed by atoms with Gasteiger partial charge in [0, 0.05) is 5.69 Å². The zero-order valence-corrected chi connectivity index (χ0v) is 10.8. The van der Waals surface area contributed by atoms with Crippen molar-refractivity contribution in [3.8, 4) is 5.75 Å². The second-order valence-electron chi connectivity index (χ2n) is 4.44. The molecule has 0 heterocycles. The van der Waals surface area contributed by atoms with E-state index in [4.69, 9.17) is 10.5 Å². The van der Waals surface area contributed by atoms with Crippen LogP contribution in [0.15, 0.2) is 18.2 Å². The summed E-state index contributed by atoms with van der Waals surface area (Å²) in [5.41, 5.74) is 7.48. The summed E-state index contributed by atoms with van der Waals surface area (Å²) in [6.07, 6.45) is 0. The van der Waals surface area contributed by atoms with Crippen LogP contribution in [0.25, 0.3) is 0 Å². The van der Waals surface area contributed by atoms with Gasteiger partial charge in [0.15, 0.2) is 0 Å². The lowest BCUT2D eigenvalue weighted by molar-refractivity contribution is -0.118. The fourth-order valence-electron chi connectivity index (χ4n) is 1.48. The van der Waals surface area contributed by atoms with Gasteiger partial charge in [0.1, 0.15) is 5.75 Å². The first-order chi connectivity index (χ1) is 7.95. The summed E-state index contributed by atoms with van der Waals surface area (Å²) in [5, 5.41) is 2.80. The van der Waals surface area contributed by atoms with Gasteiger partial charge in [-0.25, -0.2) is 0 Å². The summed E-state index contributed by atoms with van der Waals surface area (Å²) in [6, 6.07) is 5.00. The van der Waals surface area contributed by atoms with Gasteiger partial charge in [-0.15, -0.1) is 0 Å². The number of nitrogens with one attached hydrogen (secondary N) is 1. The number of methoxy groups -OCH3 is 1. The number of anilines is 1. The number of benzene rings is 1. The van der Waals surface area contributed by atoms with Crippen molar-refractivity contribution in [3.63, 3.8) is 0 Å². The van der Waals surface area contributed by atoms with Gasteiger partial charge in [-0.05, 0) is 36.6 Å². The molecule has 0 fully saturated rings. The second-order valence-corrected chi connectivity index (χ2v) is 4.44. The average Bonchev–Trinajstić information content (AvgIpc) is 2.28. The number of hydrogen-bond acceptors (Lipinski definition) is 3. The number of carbonyl (C=O) groups is 1. The van der Waals surface area contributed by atoms with Crippen LogP contribution in [0.5, 0.6) is 5.75 Å². The molecule has 0 aromatic heterocycles. The van der Waals surface area contributed by atoms with Gasteiger partial charge in [-0.3, -0.25) is 4.79 Å². The summed E-state index contributed by atoms with van der Waals surface area (Å²) in [4.78, 5) is 11.8. The van der Waals surface area contributed by atoms with Gasteiger partial charge in [0.25, 0.3) is 0 Å². The van der Waals surface area contributed by atoms with Gasteiger partial charge in [0.05, 0.1) is 13.2 Å². The van der Waals surface area contributed by atoms with Crippen LogP contribution in [0, 0.1) is 12.8 Å². The molecule has 94 valence electrons. The molecule has 0 aliphatic carbocycles. The summed E-state index contributed by atoms with van der Waals surface area (Å²) in [7, 11) is 1.62. The standard InChI is InChI=1S/C13H20N2O2/c1-8(2)12(14)13(16)15-10-5-6-11(17-4)9(3)7-10/h5-8,12H,14H2,1-4H3,(H,15,16)/t12-/m0/s1. The first kappa shape index (κ1) is 13.5. The maximum Gasteiger partial charge on any atom is 0.241 e. The molecule has 0 unspecified atom stereocenters. The third-order valence-electron chi connectivity index (χ3n) is 2.68. The molecule has 4 heteroatoms. The number of carbonyl (C=O) groups excluding carboxylic acids is 1. The van der Waals surface area contributed by atoms with E-state index in [1.165, 1.54) is 0 Å². The van der Waals surface area contributed by atoms with E-state index in [0.717, 1.165) is 17.0 Å². The molecule has 1 atom stereocenters. The zero-order chi connectivity index (χ0) is 13.0. The molecular weight excluding hydrogens is 216 g/mol. The molecule has 0 saturated carbocycles. The Hall–Kier alpha value is -1.55. The zero-order valence-electron chi connectivity index (χ0n) is 10.8. The average molecular weight is 236 g/mol. The Kier molecular flexibility index (Phi) is 4.52. The lowest BCUT2D eigenvalue weighted by atomic mass is 10.0. The summed E-state index contributed by atoms with van der Waals surface area (Å²) >= 11 is 0. The summed E-state index contributed by atoms with van der Waals surface area (Å²) < 4.78 is 5.15. The Morgan fingerprint density at radius 1 is 1.41 bits per heavy atom. The molecule has 1 aromatic rings. The highest BCUT2D eigenvalue weighted by Gasteiger charge is 2.17. The molecule has 3 N–H and O–H groups in total. The largest absolute Gasteiger partial charge is 0.496 e. The smallest absolute Gasteiger partial charge is 0.241 e. The quantitative estimate of drug-likeness (QED) is 0.839. The molecule has 1 amide bonds. The molecule has 0 saturated heterocycles. The van der Waals surface area contributed by atoms with E-state index >= 15 is 0 Å². The Labute approximate surface area is 102 Å². The predicted octanol–water partition coefficient (Wildman–Crippen LogP) is 1.93. The monoisotopic (exact) mass is 236 g/mol. The molecule has 17 heavy (non-hydrogen) atoms. The number of hydrogen-bond donors (Lipinski definition) is 2. The molecule has 0 radical (unpaired) electrons. The highest BCUT2D eigenvalue weighted by Crippen LogP contribution is 2.21. The van der Waals surface area contributed by atoms with Crippen molar-refractivity contribution in [2.45, 2.75) is 26.8 Å². The normalized spacial score (nSPS) is 12.4. The van der Waals surface area contributed by atoms with Gasteiger partial charge in [-0.2, -0.15) is 0 Å². The van der Waals surface area contributed by atoms with Crippen molar-refractivity contribution in [1.29, 1.82) is 0 Å². The predicted molar refractivity (Wildman–Crippen MR) is 69.2 cm³/mol. The number of rotatable bonds is 4. The van der Waals surface area contributed by atoms with Crippen LogP contribution in [-0.4, -0.2) is 19.1 Å². The van der Waals surface area contributed by atoms with Crippen molar-refractivity contribution in [3.05, 3.63) is 23.8 Å². The van der Waals surface area contributed by atoms with E-state index in [1.807, 2.05) is 32.9 Å². The Morgan fingerprint density at radius 3 is 2.53 bits per heavy atom. The maximum absolute atomic E-state index is 11.8. The molecule has 1 rings (SSSR count). The van der Waals surface area contributed by atoms with E-state index < -0.39 is 6.04 Å². The second kappa shape index (κ2) is 5.68. The maximum atomic E-state index is 11.8. The van der Waals surface area contributed by atoms with Crippen molar-refractivity contribution >= 4 is 11.6 Å². The minimum atomic E-state index is -0.489. The van der Waals surface area contributed by atoms with E-state index in [1.54, 1.807) is 13.2 Å². The molecule has 0 aliphatic rings. The van der Waals surface area contributed by atoms with Crippen LogP contribution in [0.1, 0.15) is 19.4 Å². The van der Waals surface area contributed by atoms with Gasteiger partial charge >= 0.3 is 0 Å². The topological polar surface area (TPSA) is 64.3 Å². The Balaban J connectivity index is 2.76. The summed E-state index contributed by atoms with van der Waals surface area (Å²) in [5.74, 6) is 0.759. The molecule has 0 aliphatic heterocycles. The van der Waals surface area contributed by atoms with Gasteiger partial charge < -0.3 is 15.8 Å². The Bertz CT molecular complexity index is 402. The number of ether oxygens (including phenoxy) is 1. The first-order valence-electron chi connectivity index (χ1n) is 5.66. The van der Waals surface area contributed by atoms with E-state index in [0.29, 0.717) is 0 Å². The molecule has 1 aromatic carbocycles. The van der Waals surface area contributed by atoms with Crippen LogP contribution in [-0.2, 0) is 4.79 Å². The van der Waals surface area contributed by atoms with Crippen LogP contribution in [0.2, 0.25) is 0 Å². The van der Waals surface area contributed by atoms with Crippen molar-refractivity contribution in [2.75, 3.05) is 12.4 Å². The molecular formula is C13H20N2O2. The third kappa shape index (κ3) is 3.46. The minimum Gasteiger partial charge on any atom is -0.496 e. The van der Waals surface area contributed by atoms with Crippen LogP contribution in [0.4, 0.5) is 5.69 Å². The molecule has 4 nitrogen and oxygen atoms in total. The van der Waals surface area contributed by atoms with Crippen LogP contribution < -0.4 is 15.8 Å². The lowest BCUT2D eigenvalue weighted by Gasteiger charge is -2.16. The van der Waals surface area contributed by atoms with E-state index in [9.17, 15) is 4.79 Å².